The van der Waals surface area contributed by atoms with Crippen molar-refractivity contribution in [2.75, 3.05) is 33.0 Å². The molecule has 5 atom stereocenters. The second kappa shape index (κ2) is 18.1. The molecular weight excluding hydrogens is 730 g/mol. The fourth-order valence-electron chi connectivity index (χ4n) is 7.31. The lowest BCUT2D eigenvalue weighted by atomic mass is 9.78. The molecule has 0 bridgehead atoms. The lowest BCUT2D eigenvalue weighted by Crippen LogP contribution is -2.67. The molecule has 2 unspecified atom stereocenters. The number of hydrogen-bond acceptors (Lipinski definition) is 6. The third kappa shape index (κ3) is 9.58. The molecule has 1 aliphatic heterocycles. The molecule has 5 rings (SSSR count). The third-order valence-electron chi connectivity index (χ3n) is 11.2. The highest BCUT2D eigenvalue weighted by molar-refractivity contribution is 7.80. The molecule has 0 saturated carbocycles. The summed E-state index contributed by atoms with van der Waals surface area (Å²) in [5, 5.41) is 12.9. The molecule has 1 aromatic heterocycles. The van der Waals surface area contributed by atoms with Crippen LogP contribution in [0.1, 0.15) is 69.3 Å². The van der Waals surface area contributed by atoms with Crippen LogP contribution in [0, 0.1) is 17.7 Å². The molecule has 3 amide bonds. The highest BCUT2D eigenvalue weighted by atomic mass is 32.1. The maximum Gasteiger partial charge on any atom is 0.293 e. The Balaban J connectivity index is 1.49. The topological polar surface area (TPSA) is 128 Å². The molecule has 1 fully saturated rings. The summed E-state index contributed by atoms with van der Waals surface area (Å²) in [7, 11) is 0. The number of allylic oxidation sites excluding steroid dienone is 1. The number of rotatable bonds is 16. The Hall–Kier alpha value is -4.27. The van der Waals surface area contributed by atoms with Crippen molar-refractivity contribution in [3.05, 3.63) is 83.3 Å². The molecule has 2 aromatic carbocycles. The number of halogens is 3. The average molecular weight is 783 g/mol. The maximum absolute atomic E-state index is 15.1. The molecule has 5 N–H and O–H groups in total. The van der Waals surface area contributed by atoms with Gasteiger partial charge in [-0.2, -0.15) is 8.78 Å². The molecule has 2 aliphatic rings. The number of hydrogen-bond donors (Lipinski definition) is 5. The monoisotopic (exact) mass is 782 g/mol. The van der Waals surface area contributed by atoms with E-state index in [9.17, 15) is 18.8 Å². The standard InChI is InChI=1S/C41H53F3N6O4S/c1-6-25(4)34(47-33(51)22-27-12-9-10-15-31(27)42)37(52)49-40(39(53)48-35(26(5)7-2)38(55)45-24-50-18-20-54-21-19-50)17-16-32-29(23-40)28-13-11-14-30(36(28)46-32)41(43,44)8-3/h8-15,25-26,34-35,46H,3,6-7,16-24H2,1-2,4-5H3,(H,45,55)(H,47,51)(H,48,53)(H,49,52)/t25?,26?,34-,35-,40+/m0/s1. The summed E-state index contributed by atoms with van der Waals surface area (Å²) < 4.78 is 50.0. The summed E-state index contributed by atoms with van der Waals surface area (Å²) in [6.45, 7) is 14.2. The zero-order valence-electron chi connectivity index (χ0n) is 32.0. The number of para-hydroxylation sites is 1. The number of nitrogens with one attached hydrogen (secondary N) is 5. The molecule has 0 spiro atoms. The number of aromatic amines is 1. The summed E-state index contributed by atoms with van der Waals surface area (Å²) in [6, 6.07) is 8.91. The third-order valence-corrected chi connectivity index (χ3v) is 11.6. The van der Waals surface area contributed by atoms with Crippen LogP contribution in [0.15, 0.2) is 55.1 Å². The lowest BCUT2D eigenvalue weighted by molar-refractivity contribution is -0.137. The average Bonchev–Trinajstić information content (AvgIpc) is 3.56. The van der Waals surface area contributed by atoms with E-state index in [1.54, 1.807) is 18.2 Å². The predicted molar refractivity (Wildman–Crippen MR) is 211 cm³/mol. The number of fused-ring (bicyclic) bond motifs is 3. The van der Waals surface area contributed by atoms with Crippen LogP contribution in [0.25, 0.3) is 10.9 Å². The summed E-state index contributed by atoms with van der Waals surface area (Å²) in [5.41, 5.74) is -0.0360. The van der Waals surface area contributed by atoms with Gasteiger partial charge in [0, 0.05) is 36.2 Å². The summed E-state index contributed by atoms with van der Waals surface area (Å²) in [6.07, 6.45) is 1.92. The number of carbonyl (C=O) groups excluding carboxylic acids is 3. The van der Waals surface area contributed by atoms with Crippen molar-refractivity contribution < 1.29 is 32.3 Å². The predicted octanol–water partition coefficient (Wildman–Crippen LogP) is 5.44. The summed E-state index contributed by atoms with van der Waals surface area (Å²) in [4.78, 5) is 48.4. The SMILES string of the molecule is C=CC(F)(F)c1cccc2c3c([nH]c12)CC[C@](NC(=O)[C@@H](NC(=O)Cc1ccccc1F)C(C)CC)(C(=O)N[C@H](C(=S)NCN1CCOCC1)C(C)CC)C3. The Morgan fingerprint density at radius 2 is 1.73 bits per heavy atom. The van der Waals surface area contributed by atoms with E-state index < -0.39 is 47.1 Å². The molecule has 0 radical (unpaired) electrons. The number of aryl methyl sites for hydroxylation is 1. The largest absolute Gasteiger partial charge is 0.379 e. The van der Waals surface area contributed by atoms with Gasteiger partial charge in [-0.15, -0.1) is 0 Å². The summed E-state index contributed by atoms with van der Waals surface area (Å²) in [5.74, 6) is -5.88. The number of aromatic nitrogens is 1. The van der Waals surface area contributed by atoms with Crippen LogP contribution in [0.3, 0.4) is 0 Å². The Morgan fingerprint density at radius 1 is 1.04 bits per heavy atom. The van der Waals surface area contributed by atoms with E-state index in [0.717, 1.165) is 13.1 Å². The van der Waals surface area contributed by atoms with E-state index in [2.05, 4.69) is 37.7 Å². The van der Waals surface area contributed by atoms with Crippen LogP contribution in [-0.4, -0.2) is 83.2 Å². The molecule has 2 heterocycles. The number of thiocarbonyl (C=S) groups is 1. The van der Waals surface area contributed by atoms with Crippen molar-refractivity contribution in [3.8, 4) is 0 Å². The van der Waals surface area contributed by atoms with Gasteiger partial charge >= 0.3 is 0 Å². The van der Waals surface area contributed by atoms with Gasteiger partial charge < -0.3 is 31.0 Å². The maximum atomic E-state index is 15.1. The van der Waals surface area contributed by atoms with Gasteiger partial charge in [-0.3, -0.25) is 19.3 Å². The van der Waals surface area contributed by atoms with E-state index in [-0.39, 0.29) is 54.2 Å². The van der Waals surface area contributed by atoms with Gasteiger partial charge in [0.05, 0.1) is 42.9 Å². The second-order valence-corrected chi connectivity index (χ2v) is 15.3. The van der Waals surface area contributed by atoms with Crippen LogP contribution < -0.4 is 21.3 Å². The minimum atomic E-state index is -3.31. The molecule has 55 heavy (non-hydrogen) atoms. The minimum Gasteiger partial charge on any atom is -0.379 e. The highest BCUT2D eigenvalue weighted by Gasteiger charge is 2.47. The number of benzene rings is 2. The highest BCUT2D eigenvalue weighted by Crippen LogP contribution is 2.40. The molecule has 1 aliphatic carbocycles. The van der Waals surface area contributed by atoms with Crippen LogP contribution in [0.5, 0.6) is 0 Å². The van der Waals surface area contributed by atoms with Gasteiger partial charge in [-0.25, -0.2) is 4.39 Å². The Labute approximate surface area is 326 Å². The van der Waals surface area contributed by atoms with E-state index in [1.807, 2.05) is 27.7 Å². The van der Waals surface area contributed by atoms with Crippen molar-refractivity contribution in [1.82, 2.24) is 31.2 Å². The quantitative estimate of drug-likeness (QED) is 0.0969. The number of nitrogens with zero attached hydrogens (tertiary/aromatic N) is 1. The van der Waals surface area contributed by atoms with Crippen LogP contribution in [0.4, 0.5) is 13.2 Å². The van der Waals surface area contributed by atoms with E-state index in [0.29, 0.717) is 60.4 Å². The van der Waals surface area contributed by atoms with Crippen molar-refractivity contribution in [3.63, 3.8) is 0 Å². The minimum absolute atomic E-state index is 0.0133. The van der Waals surface area contributed by atoms with E-state index >= 15 is 8.78 Å². The number of ether oxygens (including phenoxy) is 1. The van der Waals surface area contributed by atoms with Crippen molar-refractivity contribution in [2.45, 2.75) is 89.8 Å². The normalized spacial score (nSPS) is 19.7. The number of alkyl halides is 2. The fraction of sp³-hybridized carbons (Fsp3) is 0.512. The van der Waals surface area contributed by atoms with Gasteiger partial charge in [0.2, 0.25) is 17.7 Å². The van der Waals surface area contributed by atoms with Crippen LogP contribution in [0.2, 0.25) is 0 Å². The number of morpholine rings is 1. The molecule has 14 heteroatoms. The van der Waals surface area contributed by atoms with E-state index in [4.69, 9.17) is 17.0 Å². The summed E-state index contributed by atoms with van der Waals surface area (Å²) >= 11 is 5.88. The first-order chi connectivity index (χ1) is 26.2. The first-order valence-corrected chi connectivity index (χ1v) is 19.5. The van der Waals surface area contributed by atoms with Crippen LogP contribution in [-0.2, 0) is 44.3 Å². The molecule has 1 saturated heterocycles. The van der Waals surface area contributed by atoms with Crippen LogP contribution >= 0.6 is 12.2 Å². The Kier molecular flexibility index (Phi) is 13.8. The first kappa shape index (κ1) is 41.9. The van der Waals surface area contributed by atoms with Gasteiger partial charge in [-0.1, -0.05) is 95.7 Å². The molecule has 3 aromatic rings. The fourth-order valence-corrected chi connectivity index (χ4v) is 7.67. The lowest BCUT2D eigenvalue weighted by Gasteiger charge is -2.40. The number of carbonyl (C=O) groups is 3. The van der Waals surface area contributed by atoms with Gasteiger partial charge in [0.15, 0.2) is 0 Å². The Morgan fingerprint density at radius 3 is 2.40 bits per heavy atom. The molecule has 298 valence electrons. The smallest absolute Gasteiger partial charge is 0.293 e. The zero-order valence-corrected chi connectivity index (χ0v) is 32.9. The van der Waals surface area contributed by atoms with Gasteiger partial charge in [0.1, 0.15) is 17.4 Å². The van der Waals surface area contributed by atoms with Gasteiger partial charge in [0.25, 0.3) is 5.92 Å². The molecular formula is C41H53F3N6O4S. The molecule has 10 nitrogen and oxygen atoms in total. The second-order valence-electron chi connectivity index (χ2n) is 14.9. The van der Waals surface area contributed by atoms with Crippen molar-refractivity contribution in [2.24, 2.45) is 11.8 Å². The van der Waals surface area contributed by atoms with E-state index in [1.165, 1.54) is 24.3 Å². The number of amides is 3. The Bertz CT molecular complexity index is 1880. The van der Waals surface area contributed by atoms with Crippen molar-refractivity contribution >= 4 is 45.8 Å². The van der Waals surface area contributed by atoms with Gasteiger partial charge in [-0.05, 0) is 47.9 Å². The van der Waals surface area contributed by atoms with Crippen molar-refractivity contribution in [1.29, 1.82) is 0 Å². The first-order valence-electron chi connectivity index (χ1n) is 19.1. The zero-order chi connectivity index (χ0) is 39.9. The number of H-pyrrole nitrogens is 1.